The molecule has 2 aromatic carbocycles. The van der Waals surface area contributed by atoms with Crippen molar-refractivity contribution in [1.29, 1.82) is 0 Å². The van der Waals surface area contributed by atoms with E-state index in [1.807, 2.05) is 66.7 Å². The number of pyridine rings is 1. The molecular formula is C26H26N2O3. The number of rotatable bonds is 6. The van der Waals surface area contributed by atoms with Crippen molar-refractivity contribution in [2.24, 2.45) is 0 Å². The average Bonchev–Trinajstić information content (AvgIpc) is 3.09. The molecule has 1 amide bonds. The molecule has 2 aliphatic heterocycles. The van der Waals surface area contributed by atoms with Crippen molar-refractivity contribution in [1.82, 2.24) is 9.88 Å². The highest BCUT2D eigenvalue weighted by Crippen LogP contribution is 2.38. The summed E-state index contributed by atoms with van der Waals surface area (Å²) in [4.78, 5) is 19.5. The Hall–Kier alpha value is -3.34. The van der Waals surface area contributed by atoms with Crippen molar-refractivity contribution < 1.29 is 14.3 Å². The van der Waals surface area contributed by atoms with Gasteiger partial charge in [-0.2, -0.15) is 0 Å². The summed E-state index contributed by atoms with van der Waals surface area (Å²) in [5, 5.41) is 0. The van der Waals surface area contributed by atoms with Gasteiger partial charge in [0.25, 0.3) is 5.91 Å². The van der Waals surface area contributed by atoms with Gasteiger partial charge in [-0.05, 0) is 48.7 Å². The maximum Gasteiger partial charge on any atom is 0.254 e. The Kier molecular flexibility index (Phi) is 5.57. The van der Waals surface area contributed by atoms with Crippen molar-refractivity contribution >= 4 is 5.91 Å². The van der Waals surface area contributed by atoms with E-state index < -0.39 is 0 Å². The molecule has 2 saturated heterocycles. The number of amides is 1. The third kappa shape index (κ3) is 4.41. The van der Waals surface area contributed by atoms with Crippen LogP contribution < -0.4 is 9.47 Å². The highest BCUT2D eigenvalue weighted by molar-refractivity contribution is 5.95. The number of nitrogens with zero attached hydrogens (tertiary/aromatic N) is 2. The topological polar surface area (TPSA) is 51.7 Å². The van der Waals surface area contributed by atoms with Crippen LogP contribution in [0.2, 0.25) is 0 Å². The predicted octanol–water partition coefficient (Wildman–Crippen LogP) is 4.88. The van der Waals surface area contributed by atoms with E-state index in [2.05, 4.69) is 9.88 Å². The molecule has 2 unspecified atom stereocenters. The minimum absolute atomic E-state index is 0.0972. The van der Waals surface area contributed by atoms with E-state index in [1.54, 1.807) is 12.4 Å². The SMILES string of the molecule is O=C(c1cccc(OCc2ccccc2)c1)N1C2CCC1CC(Oc1ccncc1)C2. The smallest absolute Gasteiger partial charge is 0.254 e. The second-order valence-electron chi connectivity index (χ2n) is 8.29. The second kappa shape index (κ2) is 8.80. The second-order valence-corrected chi connectivity index (χ2v) is 8.29. The molecule has 0 spiro atoms. The van der Waals surface area contributed by atoms with Gasteiger partial charge in [0.2, 0.25) is 0 Å². The molecule has 3 heterocycles. The molecule has 2 aliphatic rings. The predicted molar refractivity (Wildman–Crippen MR) is 118 cm³/mol. The Bertz CT molecular complexity index is 1010. The largest absolute Gasteiger partial charge is 0.490 e. The first-order valence-corrected chi connectivity index (χ1v) is 10.9. The van der Waals surface area contributed by atoms with E-state index in [0.29, 0.717) is 12.2 Å². The fraction of sp³-hybridized carbons (Fsp3) is 0.308. The summed E-state index contributed by atoms with van der Waals surface area (Å²) in [6.45, 7) is 0.488. The summed E-state index contributed by atoms with van der Waals surface area (Å²) in [5.41, 5.74) is 1.80. The zero-order valence-corrected chi connectivity index (χ0v) is 17.4. The molecule has 5 rings (SSSR count). The van der Waals surface area contributed by atoms with Gasteiger partial charge in [-0.25, -0.2) is 0 Å². The summed E-state index contributed by atoms with van der Waals surface area (Å²) < 4.78 is 12.1. The van der Waals surface area contributed by atoms with Crippen molar-refractivity contribution in [3.05, 3.63) is 90.3 Å². The zero-order valence-electron chi connectivity index (χ0n) is 17.4. The number of aromatic nitrogens is 1. The van der Waals surface area contributed by atoms with Crippen LogP contribution in [-0.2, 0) is 6.61 Å². The number of carbonyl (C=O) groups is 1. The molecule has 0 aliphatic carbocycles. The molecular weight excluding hydrogens is 388 g/mol. The van der Waals surface area contributed by atoms with Crippen LogP contribution in [0, 0.1) is 0 Å². The van der Waals surface area contributed by atoms with E-state index in [-0.39, 0.29) is 24.1 Å². The Morgan fingerprint density at radius 3 is 2.39 bits per heavy atom. The fourth-order valence-corrected chi connectivity index (χ4v) is 4.77. The lowest BCUT2D eigenvalue weighted by Crippen LogP contribution is -2.49. The lowest BCUT2D eigenvalue weighted by molar-refractivity contribution is 0.0358. The molecule has 2 fully saturated rings. The standard InChI is InChI=1S/C26H26N2O3/c29-26(20-7-4-8-24(15-20)30-18-19-5-2-1-3-6-19)28-21-9-10-22(28)17-25(16-21)31-23-11-13-27-14-12-23/h1-8,11-15,21-22,25H,9-10,16-18H2. The third-order valence-electron chi connectivity index (χ3n) is 6.21. The lowest BCUT2D eigenvalue weighted by Gasteiger charge is -2.39. The fourth-order valence-electron chi connectivity index (χ4n) is 4.77. The summed E-state index contributed by atoms with van der Waals surface area (Å²) in [6.07, 6.45) is 7.45. The Morgan fingerprint density at radius 2 is 1.65 bits per heavy atom. The number of ether oxygens (including phenoxy) is 2. The van der Waals surface area contributed by atoms with E-state index in [9.17, 15) is 4.79 Å². The van der Waals surface area contributed by atoms with Crippen LogP contribution in [0.15, 0.2) is 79.1 Å². The van der Waals surface area contributed by atoms with E-state index in [4.69, 9.17) is 9.47 Å². The van der Waals surface area contributed by atoms with Crippen LogP contribution >= 0.6 is 0 Å². The van der Waals surface area contributed by atoms with E-state index in [1.165, 1.54) is 0 Å². The number of hydrogen-bond donors (Lipinski definition) is 0. The van der Waals surface area contributed by atoms with Crippen LogP contribution in [0.25, 0.3) is 0 Å². The minimum atomic E-state index is 0.0972. The van der Waals surface area contributed by atoms with Gasteiger partial charge in [0.1, 0.15) is 24.2 Å². The normalized spacial score (nSPS) is 22.2. The van der Waals surface area contributed by atoms with E-state index >= 15 is 0 Å². The average molecular weight is 415 g/mol. The molecule has 0 radical (unpaired) electrons. The number of hydrogen-bond acceptors (Lipinski definition) is 4. The van der Waals surface area contributed by atoms with Gasteiger partial charge in [-0.15, -0.1) is 0 Å². The summed E-state index contributed by atoms with van der Waals surface area (Å²) >= 11 is 0. The van der Waals surface area contributed by atoms with Gasteiger partial charge < -0.3 is 14.4 Å². The van der Waals surface area contributed by atoms with Gasteiger partial charge >= 0.3 is 0 Å². The van der Waals surface area contributed by atoms with Gasteiger partial charge in [0.15, 0.2) is 0 Å². The van der Waals surface area contributed by atoms with Crippen molar-refractivity contribution in [2.75, 3.05) is 0 Å². The summed E-state index contributed by atoms with van der Waals surface area (Å²) in [6, 6.07) is 21.8. The molecule has 0 N–H and O–H groups in total. The molecule has 2 atom stereocenters. The highest BCUT2D eigenvalue weighted by Gasteiger charge is 2.44. The van der Waals surface area contributed by atoms with Gasteiger partial charge in [0, 0.05) is 42.9 Å². The molecule has 5 heteroatoms. The molecule has 0 saturated carbocycles. The number of fused-ring (bicyclic) bond motifs is 2. The van der Waals surface area contributed by atoms with Crippen molar-refractivity contribution in [3.8, 4) is 11.5 Å². The van der Waals surface area contributed by atoms with Crippen molar-refractivity contribution in [2.45, 2.75) is 50.5 Å². The zero-order chi connectivity index (χ0) is 21.0. The first-order valence-electron chi connectivity index (χ1n) is 10.9. The van der Waals surface area contributed by atoms with Crippen LogP contribution in [0.1, 0.15) is 41.6 Å². The molecule has 2 bridgehead atoms. The first kappa shape index (κ1) is 19.6. The third-order valence-corrected chi connectivity index (χ3v) is 6.21. The summed E-state index contributed by atoms with van der Waals surface area (Å²) in [7, 11) is 0. The lowest BCUT2D eigenvalue weighted by atomic mass is 9.98. The van der Waals surface area contributed by atoms with Crippen LogP contribution in [0.3, 0.4) is 0 Å². The molecule has 1 aromatic heterocycles. The first-order chi connectivity index (χ1) is 15.3. The maximum absolute atomic E-state index is 13.4. The monoisotopic (exact) mass is 414 g/mol. The van der Waals surface area contributed by atoms with Crippen LogP contribution in [-0.4, -0.2) is 34.0 Å². The van der Waals surface area contributed by atoms with Crippen molar-refractivity contribution in [3.63, 3.8) is 0 Å². The molecule has 5 nitrogen and oxygen atoms in total. The minimum Gasteiger partial charge on any atom is -0.490 e. The van der Waals surface area contributed by atoms with Crippen LogP contribution in [0.4, 0.5) is 0 Å². The van der Waals surface area contributed by atoms with Gasteiger partial charge in [0.05, 0.1) is 0 Å². The molecule has 158 valence electrons. The number of piperidine rings is 1. The number of benzene rings is 2. The Morgan fingerprint density at radius 1 is 0.903 bits per heavy atom. The molecule has 31 heavy (non-hydrogen) atoms. The van der Waals surface area contributed by atoms with Gasteiger partial charge in [-0.3, -0.25) is 9.78 Å². The Balaban J connectivity index is 1.24. The summed E-state index contributed by atoms with van der Waals surface area (Å²) in [5.74, 6) is 1.67. The highest BCUT2D eigenvalue weighted by atomic mass is 16.5. The quantitative estimate of drug-likeness (QED) is 0.577. The van der Waals surface area contributed by atoms with Crippen LogP contribution in [0.5, 0.6) is 11.5 Å². The Labute approximate surface area is 182 Å². The molecule has 3 aromatic rings. The maximum atomic E-state index is 13.4. The number of carbonyl (C=O) groups excluding carboxylic acids is 1. The van der Waals surface area contributed by atoms with Gasteiger partial charge in [-0.1, -0.05) is 36.4 Å². The van der Waals surface area contributed by atoms with E-state index in [0.717, 1.165) is 42.7 Å².